The van der Waals surface area contributed by atoms with E-state index in [-0.39, 0.29) is 228 Å². The third-order valence-electron chi connectivity index (χ3n) is 7.09. The van der Waals surface area contributed by atoms with Gasteiger partial charge in [-0.2, -0.15) is 0 Å². The molecule has 6 radical (unpaired) electrons. The third kappa shape index (κ3) is 41.0. The molecule has 18 nitrogen and oxygen atoms in total. The first-order valence-corrected chi connectivity index (χ1v) is 26.4. The summed E-state index contributed by atoms with van der Waals surface area (Å²) in [4.78, 5) is 52.7. The Morgan fingerprint density at radius 3 is 1.29 bits per heavy atom. The van der Waals surface area contributed by atoms with Crippen molar-refractivity contribution < 1.29 is 196 Å². The second kappa shape index (κ2) is 56.8. The molecule has 0 spiro atoms. The molecule has 0 fully saturated rings. The van der Waals surface area contributed by atoms with E-state index in [4.69, 9.17) is 124 Å². The van der Waals surface area contributed by atoms with Gasteiger partial charge in [0.05, 0.1) is 40.1 Å². The number of allylic oxidation sites excluding steroid dienone is 2. The number of nitrogens with one attached hydrogen (secondary N) is 1. The molecule has 79 heavy (non-hydrogen) atoms. The van der Waals surface area contributed by atoms with Gasteiger partial charge >= 0.3 is 0 Å². The smallest absolute Gasteiger partial charge is 0.223 e. The molecule has 9 rings (SSSR count). The predicted molar refractivity (Wildman–Crippen MR) is 302 cm³/mol. The van der Waals surface area contributed by atoms with Gasteiger partial charge in [0.15, 0.2) is 0 Å². The summed E-state index contributed by atoms with van der Waals surface area (Å²) >= 11 is 49.8. The Labute approximate surface area is 676 Å². The molecule has 396 valence electrons. The van der Waals surface area contributed by atoms with Crippen LogP contribution in [0.3, 0.4) is 0 Å². The fraction of sp³-hybridized carbons (Fsp3) is 0.0909. The molecule has 0 aromatic carbocycles. The van der Waals surface area contributed by atoms with Crippen molar-refractivity contribution in [3.05, 3.63) is 173 Å². The molecule has 0 saturated carbocycles. The Hall–Kier alpha value is 1.05. The number of anilines is 4. The first-order valence-electron chi connectivity index (χ1n) is 18.5. The fourth-order valence-electron chi connectivity index (χ4n) is 3.98. The minimum Gasteiger partial charge on any atom is -0.697 e. The van der Waals surface area contributed by atoms with Gasteiger partial charge in [0.1, 0.15) is 5.15 Å². The van der Waals surface area contributed by atoms with Gasteiger partial charge in [-0.25, -0.2) is 62.0 Å². The zero-order valence-corrected chi connectivity index (χ0v) is 69.1. The Balaban J connectivity index is -0.000000149. The van der Waals surface area contributed by atoms with Crippen molar-refractivity contribution in [3.63, 3.8) is 0 Å². The largest absolute Gasteiger partial charge is 0.697 e. The van der Waals surface area contributed by atoms with Gasteiger partial charge in [-0.05, 0) is 114 Å². The molecule has 7 heterocycles. The van der Waals surface area contributed by atoms with Crippen LogP contribution in [0, 0.1) is 69.5 Å². The van der Waals surface area contributed by atoms with E-state index in [9.17, 15) is 0 Å². The fourth-order valence-corrected chi connectivity index (χ4v) is 5.44. The minimum atomic E-state index is 0. The van der Waals surface area contributed by atoms with Crippen LogP contribution in [0.1, 0.15) is 39.6 Å². The summed E-state index contributed by atoms with van der Waals surface area (Å²) in [6.45, 7) is 1.78. The molecule has 7 aromatic rings. The van der Waals surface area contributed by atoms with Crippen LogP contribution in [0.5, 0.6) is 0 Å². The maximum Gasteiger partial charge on any atom is 0.223 e. The van der Waals surface area contributed by atoms with E-state index in [1.165, 1.54) is 37.2 Å². The maximum atomic E-state index is 6.75. The van der Waals surface area contributed by atoms with Gasteiger partial charge in [0.25, 0.3) is 0 Å². The maximum absolute atomic E-state index is 6.75. The molecular weight excluding hydrogens is 1880 g/mol. The number of aromatic nitrogens is 14. The van der Waals surface area contributed by atoms with Crippen molar-refractivity contribution in [2.75, 3.05) is 29.6 Å². The van der Waals surface area contributed by atoms with Crippen LogP contribution in [-0.4, -0.2) is 76.8 Å². The number of hydrogen-bond donors (Lipinski definition) is 4. The van der Waals surface area contributed by atoms with E-state index in [0.29, 0.717) is 48.1 Å². The molecule has 35 heteroatoms. The summed E-state index contributed by atoms with van der Waals surface area (Å²) in [5, 5.41) is 4.33. The topological polar surface area (TPSA) is 271 Å². The molecule has 0 aliphatic heterocycles. The van der Waals surface area contributed by atoms with Crippen LogP contribution in [-0.2, 0) is 209 Å². The summed E-state index contributed by atoms with van der Waals surface area (Å²) in [5.74, 6) is 4.80. The van der Waals surface area contributed by atoms with Gasteiger partial charge in [0.2, 0.25) is 37.6 Å². The summed E-state index contributed by atoms with van der Waals surface area (Å²) in [6, 6.07) is 0. The standard InChI is InChI=1S/C8H8N3.C7H4ClN2.C6HBrClN2.C6H3ClN3.C5H6ClN3.C4HBrCl2N2.C4H4ClN3.2C2H.Br2.6Y/c1-9-8-10-5-6-3-2-4-7(6)11-8;8-7-9-4-5-2-1-3-6(5)10-7;1-2-5-4(7)3-9-6(8)10-5;1-2-5-4(8)3-9-6(7)10-5;1-3-4(7)2-8-5(6)9-3;5-2-1-8-4(7)9-3(2)6;5-4-7-1-3(6)2-8-4;3*1-2;;;;;;/h4-5H,3H2,1H3,(H,9,10,11);3-4H,2H2;3H;3H,8H2;2H,7H2,1H3;1H;1-2H,6H2;2*1H;;;;;;;/q4*-1;;;;2*-1;;;;;;;. The third-order valence-corrected chi connectivity index (χ3v) is 9.87. The van der Waals surface area contributed by atoms with Crippen molar-refractivity contribution in [1.29, 1.82) is 0 Å². The normalized spacial score (nSPS) is 9.05. The molecular formula is C44H29Br4Cl7N18Y6-6. The number of rotatable bonds is 1. The summed E-state index contributed by atoms with van der Waals surface area (Å²) in [7, 11) is 1.81. The van der Waals surface area contributed by atoms with Crippen molar-refractivity contribution in [2.24, 2.45) is 0 Å². The van der Waals surface area contributed by atoms with Gasteiger partial charge in [-0.15, -0.1) is 11.1 Å². The molecule has 7 N–H and O–H groups in total. The Kier molecular flexibility index (Phi) is 67.4. The van der Waals surface area contributed by atoms with E-state index in [1.807, 2.05) is 31.3 Å². The average Bonchev–Trinajstić information content (AvgIpc) is 4.09. The summed E-state index contributed by atoms with van der Waals surface area (Å²) < 4.78 is 1.26. The van der Waals surface area contributed by atoms with E-state index >= 15 is 0 Å². The molecule has 0 saturated heterocycles. The van der Waals surface area contributed by atoms with Crippen molar-refractivity contribution in [2.45, 2.75) is 19.8 Å². The van der Waals surface area contributed by atoms with E-state index in [1.54, 1.807) is 13.1 Å². The van der Waals surface area contributed by atoms with Gasteiger partial charge in [-0.3, -0.25) is 24.0 Å². The number of nitrogen functional groups attached to an aromatic ring is 3. The number of nitrogens with zero attached hydrogens (tertiary/aromatic N) is 14. The van der Waals surface area contributed by atoms with E-state index in [2.05, 4.69) is 166 Å². The minimum absolute atomic E-state index is 0. The quantitative estimate of drug-likeness (QED) is 0.0515. The number of fused-ring (bicyclic) bond motifs is 2. The average molecular weight is 1910 g/mol. The monoisotopic (exact) mass is 1900 g/mol. The second-order valence-corrected chi connectivity index (χ2v) is 15.8. The zero-order chi connectivity index (χ0) is 55.5. The Morgan fingerprint density at radius 2 is 0.886 bits per heavy atom. The van der Waals surface area contributed by atoms with Crippen LogP contribution >= 0.6 is 141 Å². The van der Waals surface area contributed by atoms with E-state index in [0.717, 1.165) is 41.1 Å². The van der Waals surface area contributed by atoms with Gasteiger partial charge < -0.3 is 81.0 Å². The predicted octanol–water partition coefficient (Wildman–Crippen LogP) is 11.2. The molecule has 7 aromatic heterocycles. The molecule has 0 bridgehead atoms. The molecule has 0 amide bonds. The number of aryl methyl sites for hydroxylation is 1. The molecule has 0 unspecified atom stereocenters. The van der Waals surface area contributed by atoms with Crippen LogP contribution < -0.4 is 22.5 Å². The van der Waals surface area contributed by atoms with Gasteiger partial charge in [-0.1, -0.05) is 51.8 Å². The van der Waals surface area contributed by atoms with Crippen LogP contribution in [0.2, 0.25) is 36.9 Å². The summed E-state index contributed by atoms with van der Waals surface area (Å²) in [5.41, 5.74) is 22.8. The summed E-state index contributed by atoms with van der Waals surface area (Å²) in [6.07, 6.45) is 55.3. The van der Waals surface area contributed by atoms with Crippen molar-refractivity contribution >= 4 is 176 Å². The number of halogens is 11. The first kappa shape index (κ1) is 93.7. The van der Waals surface area contributed by atoms with Crippen molar-refractivity contribution in [3.8, 4) is 24.7 Å². The molecule has 2 aliphatic carbocycles. The molecule has 2 aliphatic rings. The zero-order valence-electron chi connectivity index (χ0n) is 40.5. The first-order chi connectivity index (χ1) is 34.9. The Morgan fingerprint density at radius 1 is 0.506 bits per heavy atom. The van der Waals surface area contributed by atoms with Gasteiger partial charge in [0, 0.05) is 263 Å². The van der Waals surface area contributed by atoms with Crippen LogP contribution in [0.15, 0.2) is 58.5 Å². The van der Waals surface area contributed by atoms with Crippen LogP contribution in [0.4, 0.5) is 23.0 Å². The molecule has 0 atom stereocenters. The Bertz CT molecular complexity index is 2900. The van der Waals surface area contributed by atoms with Crippen LogP contribution in [0.25, 0.3) is 12.2 Å². The van der Waals surface area contributed by atoms with Crippen molar-refractivity contribution in [1.82, 2.24) is 69.8 Å². The SMILES string of the molecule is BrBr.CNc1ncc2c(n1)C=[C-]C2.Cc1nc(Cl)ncc1N.Clc1ncc(Br)c(Cl)n1.Clc1ncc2c(n1)C=[C-]C2.Nc1cnc(Cl)nc1.[C-]#C.[C-]#C.[C-]#Cc1nc(Cl)ncc1Br.[C-]#Cc1nc(Cl)ncc1N.[Y].[Y].[Y].[Y].[Y].[Y]. The number of nitrogens with two attached hydrogens (primary N) is 3. The number of terminal acetylenes is 2. The second-order valence-electron chi connectivity index (χ2n) is 11.7. The number of hydrogen-bond acceptors (Lipinski definition) is 18. The van der Waals surface area contributed by atoms with E-state index < -0.39 is 0 Å².